The molecule has 1 saturated heterocycles. The van der Waals surface area contributed by atoms with Crippen molar-refractivity contribution in [3.63, 3.8) is 0 Å². The maximum atomic E-state index is 12.4. The van der Waals surface area contributed by atoms with Crippen LogP contribution < -0.4 is 5.32 Å². The molecule has 2 aromatic rings. The van der Waals surface area contributed by atoms with Gasteiger partial charge in [-0.3, -0.25) is 9.59 Å². The van der Waals surface area contributed by atoms with E-state index in [1.807, 2.05) is 30.3 Å². The largest absolute Gasteiger partial charge is 0.465 e. The SMILES string of the molecule is C=C1CC2COC(=O)C2(Cc2ccc(C(=O)NCCCCc3ccccc3)cc2)C1. The predicted molar refractivity (Wildman–Crippen MR) is 117 cm³/mol. The third-order valence-corrected chi connectivity index (χ3v) is 6.46. The van der Waals surface area contributed by atoms with Gasteiger partial charge in [0.1, 0.15) is 0 Å². The molecule has 2 atom stereocenters. The molecular formula is C26H29NO3. The number of cyclic esters (lactones) is 1. The van der Waals surface area contributed by atoms with E-state index in [1.54, 1.807) is 0 Å². The maximum Gasteiger partial charge on any atom is 0.313 e. The number of carbonyl (C=O) groups is 2. The van der Waals surface area contributed by atoms with Crippen molar-refractivity contribution in [1.29, 1.82) is 0 Å². The van der Waals surface area contributed by atoms with E-state index in [4.69, 9.17) is 4.74 Å². The number of esters is 1. The van der Waals surface area contributed by atoms with Crippen molar-refractivity contribution >= 4 is 11.9 Å². The van der Waals surface area contributed by atoms with E-state index in [0.29, 0.717) is 31.6 Å². The third kappa shape index (κ3) is 4.33. The molecule has 2 unspecified atom stereocenters. The molecule has 0 bridgehead atoms. The Hall–Kier alpha value is -2.88. The Morgan fingerprint density at radius 1 is 1.07 bits per heavy atom. The third-order valence-electron chi connectivity index (χ3n) is 6.46. The molecule has 0 aromatic heterocycles. The minimum absolute atomic E-state index is 0.0492. The molecule has 4 heteroatoms. The van der Waals surface area contributed by atoms with Crippen LogP contribution in [0.2, 0.25) is 0 Å². The van der Waals surface area contributed by atoms with Gasteiger partial charge >= 0.3 is 5.97 Å². The van der Waals surface area contributed by atoms with Crippen LogP contribution in [0.4, 0.5) is 0 Å². The van der Waals surface area contributed by atoms with E-state index < -0.39 is 5.41 Å². The first-order valence-electron chi connectivity index (χ1n) is 10.8. The zero-order valence-corrected chi connectivity index (χ0v) is 17.4. The summed E-state index contributed by atoms with van der Waals surface area (Å²) < 4.78 is 5.35. The lowest BCUT2D eigenvalue weighted by Gasteiger charge is -2.24. The van der Waals surface area contributed by atoms with Crippen LogP contribution in [0.25, 0.3) is 0 Å². The van der Waals surface area contributed by atoms with Crippen molar-refractivity contribution in [3.8, 4) is 0 Å². The first-order valence-corrected chi connectivity index (χ1v) is 10.8. The predicted octanol–water partition coefficient (Wildman–Crippen LogP) is 4.49. The highest BCUT2D eigenvalue weighted by Gasteiger charge is 2.55. The smallest absolute Gasteiger partial charge is 0.313 e. The molecule has 30 heavy (non-hydrogen) atoms. The highest BCUT2D eigenvalue weighted by molar-refractivity contribution is 5.94. The Kier molecular flexibility index (Phi) is 6.03. The monoisotopic (exact) mass is 403 g/mol. The van der Waals surface area contributed by atoms with Crippen LogP contribution in [-0.4, -0.2) is 25.0 Å². The lowest BCUT2D eigenvalue weighted by molar-refractivity contribution is -0.146. The molecule has 1 aliphatic heterocycles. The number of nitrogens with one attached hydrogen (secondary N) is 1. The van der Waals surface area contributed by atoms with E-state index in [2.05, 4.69) is 36.2 Å². The van der Waals surface area contributed by atoms with Gasteiger partial charge in [-0.2, -0.15) is 0 Å². The summed E-state index contributed by atoms with van der Waals surface area (Å²) in [5, 5.41) is 3.00. The number of unbranched alkanes of at least 4 members (excludes halogenated alkanes) is 1. The van der Waals surface area contributed by atoms with Crippen molar-refractivity contribution < 1.29 is 14.3 Å². The molecule has 2 fully saturated rings. The summed E-state index contributed by atoms with van der Waals surface area (Å²) in [4.78, 5) is 24.9. The zero-order chi connectivity index (χ0) is 21.0. The zero-order valence-electron chi connectivity index (χ0n) is 17.4. The first kappa shape index (κ1) is 20.4. The molecule has 2 aliphatic rings. The van der Waals surface area contributed by atoms with Gasteiger partial charge < -0.3 is 10.1 Å². The van der Waals surface area contributed by atoms with Crippen molar-refractivity contribution in [2.75, 3.05) is 13.2 Å². The number of hydrogen-bond acceptors (Lipinski definition) is 3. The fourth-order valence-corrected chi connectivity index (χ4v) is 4.80. The molecule has 1 aliphatic carbocycles. The number of carbonyl (C=O) groups excluding carboxylic acids is 2. The van der Waals surface area contributed by atoms with Gasteiger partial charge in [0.15, 0.2) is 0 Å². The molecule has 0 radical (unpaired) electrons. The van der Waals surface area contributed by atoms with Crippen LogP contribution in [0.3, 0.4) is 0 Å². The lowest BCUT2D eigenvalue weighted by atomic mass is 9.75. The molecule has 0 spiro atoms. The van der Waals surface area contributed by atoms with Crippen LogP contribution in [0.5, 0.6) is 0 Å². The first-order chi connectivity index (χ1) is 14.6. The summed E-state index contributed by atoms with van der Waals surface area (Å²) in [5.74, 6) is 0.0895. The number of aryl methyl sites for hydroxylation is 1. The van der Waals surface area contributed by atoms with E-state index in [0.717, 1.165) is 36.8 Å². The van der Waals surface area contributed by atoms with Crippen molar-refractivity contribution in [1.82, 2.24) is 5.32 Å². The average molecular weight is 404 g/mol. The average Bonchev–Trinajstić information content (AvgIpc) is 3.22. The molecule has 156 valence electrons. The lowest BCUT2D eigenvalue weighted by Crippen LogP contribution is -2.31. The van der Waals surface area contributed by atoms with Gasteiger partial charge in [0.05, 0.1) is 12.0 Å². The number of rotatable bonds is 8. The quantitative estimate of drug-likeness (QED) is 0.401. The molecule has 1 amide bonds. The molecule has 4 nitrogen and oxygen atoms in total. The molecule has 1 saturated carbocycles. The summed E-state index contributed by atoms with van der Waals surface area (Å²) in [6, 6.07) is 18.0. The summed E-state index contributed by atoms with van der Waals surface area (Å²) in [5.41, 5.74) is 3.73. The van der Waals surface area contributed by atoms with Gasteiger partial charge in [-0.15, -0.1) is 0 Å². The number of benzene rings is 2. The van der Waals surface area contributed by atoms with E-state index in [9.17, 15) is 9.59 Å². The van der Waals surface area contributed by atoms with E-state index >= 15 is 0 Å². The number of amides is 1. The van der Waals surface area contributed by atoms with Crippen molar-refractivity contribution in [3.05, 3.63) is 83.4 Å². The van der Waals surface area contributed by atoms with Crippen LogP contribution in [0, 0.1) is 11.3 Å². The number of fused-ring (bicyclic) bond motifs is 1. The fraction of sp³-hybridized carbons (Fsp3) is 0.385. The molecule has 2 aromatic carbocycles. The van der Waals surface area contributed by atoms with Crippen molar-refractivity contribution in [2.45, 2.75) is 38.5 Å². The minimum Gasteiger partial charge on any atom is -0.465 e. The second-order valence-corrected chi connectivity index (χ2v) is 8.65. The Labute approximate surface area is 178 Å². The normalized spacial score (nSPS) is 22.6. The standard InChI is InChI=1S/C26H29NO3/c1-19-15-23-18-30-25(29)26(23,16-19)17-21-10-12-22(13-11-21)24(28)27-14-6-5-9-20-7-3-2-4-8-20/h2-4,7-8,10-13,23H,1,5-6,9,14-18H2,(H,27,28). The van der Waals surface area contributed by atoms with Gasteiger partial charge in [0.2, 0.25) is 0 Å². The summed E-state index contributed by atoms with van der Waals surface area (Å²) in [7, 11) is 0. The van der Waals surface area contributed by atoms with Gasteiger partial charge in [0.25, 0.3) is 5.91 Å². The number of ether oxygens (including phenoxy) is 1. The Bertz CT molecular complexity index is 919. The van der Waals surface area contributed by atoms with Gasteiger partial charge in [0, 0.05) is 18.0 Å². The Morgan fingerprint density at radius 2 is 1.83 bits per heavy atom. The molecule has 4 rings (SSSR count). The Morgan fingerprint density at radius 3 is 2.60 bits per heavy atom. The topological polar surface area (TPSA) is 55.4 Å². The highest BCUT2D eigenvalue weighted by atomic mass is 16.5. The summed E-state index contributed by atoms with van der Waals surface area (Å²) >= 11 is 0. The maximum absolute atomic E-state index is 12.4. The second kappa shape index (κ2) is 8.86. The number of allylic oxidation sites excluding steroid dienone is 1. The molecule has 1 N–H and O–H groups in total. The fourth-order valence-electron chi connectivity index (χ4n) is 4.80. The summed E-state index contributed by atoms with van der Waals surface area (Å²) in [6.07, 6.45) is 5.26. The van der Waals surface area contributed by atoms with Gasteiger partial charge in [-0.1, -0.05) is 54.6 Å². The molecule has 1 heterocycles. The van der Waals surface area contributed by atoms with Crippen LogP contribution in [0.15, 0.2) is 66.7 Å². The van der Waals surface area contributed by atoms with E-state index in [1.165, 1.54) is 5.56 Å². The van der Waals surface area contributed by atoms with Crippen molar-refractivity contribution in [2.24, 2.45) is 11.3 Å². The van der Waals surface area contributed by atoms with Gasteiger partial charge in [-0.25, -0.2) is 0 Å². The minimum atomic E-state index is -0.459. The van der Waals surface area contributed by atoms with Crippen LogP contribution >= 0.6 is 0 Å². The van der Waals surface area contributed by atoms with E-state index in [-0.39, 0.29) is 17.8 Å². The Balaban J connectivity index is 1.26. The highest BCUT2D eigenvalue weighted by Crippen LogP contribution is 2.52. The second-order valence-electron chi connectivity index (χ2n) is 8.65. The van der Waals surface area contributed by atoms with Crippen LogP contribution in [0.1, 0.15) is 47.2 Å². The van der Waals surface area contributed by atoms with Gasteiger partial charge in [-0.05, 0) is 61.8 Å². The summed E-state index contributed by atoms with van der Waals surface area (Å²) in [6.45, 7) is 5.27. The van der Waals surface area contributed by atoms with Crippen LogP contribution in [-0.2, 0) is 22.4 Å². The number of hydrogen-bond donors (Lipinski definition) is 1. The molecular weight excluding hydrogens is 374 g/mol.